The van der Waals surface area contributed by atoms with E-state index in [1.165, 1.54) is 4.90 Å². The number of aromatic nitrogens is 1. The number of nitrogens with one attached hydrogen (secondary N) is 2. The Kier molecular flexibility index (Phi) is 3.94. The molecule has 5 heteroatoms. The van der Waals surface area contributed by atoms with E-state index in [0.717, 1.165) is 49.6 Å². The lowest BCUT2D eigenvalue weighted by molar-refractivity contribution is -0.921. The molecule has 0 saturated carbocycles. The fraction of sp³-hybridized carbons (Fsp3) is 0.438. The highest BCUT2D eigenvalue weighted by atomic mass is 16.5. The Hall–Kier alpha value is -1.85. The lowest BCUT2D eigenvalue weighted by atomic mass is 10.1. The third-order valence-corrected chi connectivity index (χ3v) is 4.16. The number of morpholine rings is 1. The van der Waals surface area contributed by atoms with Gasteiger partial charge in [-0.3, -0.25) is 4.79 Å². The van der Waals surface area contributed by atoms with Gasteiger partial charge in [0.15, 0.2) is 5.43 Å². The van der Waals surface area contributed by atoms with Gasteiger partial charge in [0.25, 0.3) is 0 Å². The number of methoxy groups -OCH3 is 1. The number of rotatable bonds is 3. The summed E-state index contributed by atoms with van der Waals surface area (Å²) in [5, 5.41) is 0.697. The number of ether oxygens (including phenoxy) is 2. The largest absolute Gasteiger partial charge is 0.495 e. The summed E-state index contributed by atoms with van der Waals surface area (Å²) < 4.78 is 10.7. The summed E-state index contributed by atoms with van der Waals surface area (Å²) in [7, 11) is 1.62. The van der Waals surface area contributed by atoms with Crippen molar-refractivity contribution in [2.75, 3.05) is 33.4 Å². The van der Waals surface area contributed by atoms with Gasteiger partial charge >= 0.3 is 0 Å². The average Bonchev–Trinajstić information content (AvgIpc) is 2.52. The molecular formula is C16H21N2O3+. The maximum atomic E-state index is 12.8. The summed E-state index contributed by atoms with van der Waals surface area (Å²) in [6.45, 7) is 6.16. The summed E-state index contributed by atoms with van der Waals surface area (Å²) in [5.41, 5.74) is 2.69. The van der Waals surface area contributed by atoms with Gasteiger partial charge in [-0.2, -0.15) is 0 Å². The molecule has 0 atom stereocenters. The highest BCUT2D eigenvalue weighted by molar-refractivity contribution is 5.85. The summed E-state index contributed by atoms with van der Waals surface area (Å²) in [4.78, 5) is 17.5. The van der Waals surface area contributed by atoms with E-state index in [1.54, 1.807) is 7.11 Å². The van der Waals surface area contributed by atoms with Gasteiger partial charge in [-0.25, -0.2) is 0 Å². The van der Waals surface area contributed by atoms with Crippen molar-refractivity contribution in [1.82, 2.24) is 4.98 Å². The van der Waals surface area contributed by atoms with Crippen LogP contribution in [0.15, 0.2) is 23.0 Å². The zero-order valence-electron chi connectivity index (χ0n) is 12.5. The highest BCUT2D eigenvalue weighted by Gasteiger charge is 2.19. The van der Waals surface area contributed by atoms with E-state index in [0.29, 0.717) is 11.1 Å². The molecule has 1 saturated heterocycles. The first-order valence-electron chi connectivity index (χ1n) is 7.30. The average molecular weight is 289 g/mol. The molecule has 1 aliphatic heterocycles. The smallest absolute Gasteiger partial charge is 0.198 e. The molecule has 3 rings (SSSR count). The van der Waals surface area contributed by atoms with E-state index in [-0.39, 0.29) is 5.43 Å². The summed E-state index contributed by atoms with van der Waals surface area (Å²) >= 11 is 0. The van der Waals surface area contributed by atoms with Crippen LogP contribution in [-0.2, 0) is 11.3 Å². The molecule has 1 aromatic carbocycles. The summed E-state index contributed by atoms with van der Waals surface area (Å²) in [6, 6.07) is 5.58. The summed E-state index contributed by atoms with van der Waals surface area (Å²) in [6.07, 6.45) is 0. The molecule has 0 bridgehead atoms. The Morgan fingerprint density at radius 2 is 2.10 bits per heavy atom. The fourth-order valence-electron chi connectivity index (χ4n) is 2.91. The minimum Gasteiger partial charge on any atom is -0.495 e. The number of aromatic amines is 1. The van der Waals surface area contributed by atoms with Gasteiger partial charge in [0.1, 0.15) is 25.4 Å². The molecule has 2 aromatic rings. The van der Waals surface area contributed by atoms with Crippen LogP contribution < -0.4 is 15.1 Å². The van der Waals surface area contributed by atoms with E-state index in [2.05, 4.69) is 4.98 Å². The molecule has 21 heavy (non-hydrogen) atoms. The molecule has 1 fully saturated rings. The maximum Gasteiger partial charge on any atom is 0.198 e. The monoisotopic (exact) mass is 289 g/mol. The Bertz CT molecular complexity index is 702. The standard InChI is InChI=1S/C16H20N2O3/c1-11-13(10-18-6-8-21-9-7-18)16(19)12-4-3-5-14(20-2)15(12)17-11/h3-5H,6-10H2,1-2H3,(H,17,19)/p+1. The first-order chi connectivity index (χ1) is 10.2. The molecule has 112 valence electrons. The Balaban J connectivity index is 2.05. The van der Waals surface area contributed by atoms with E-state index < -0.39 is 0 Å². The Morgan fingerprint density at radius 3 is 2.81 bits per heavy atom. The van der Waals surface area contributed by atoms with Crippen LogP contribution in [0.1, 0.15) is 11.3 Å². The predicted octanol–water partition coefficient (Wildman–Crippen LogP) is 0.260. The van der Waals surface area contributed by atoms with E-state index >= 15 is 0 Å². The van der Waals surface area contributed by atoms with Crippen molar-refractivity contribution < 1.29 is 14.4 Å². The van der Waals surface area contributed by atoms with Crippen LogP contribution in [0.2, 0.25) is 0 Å². The zero-order chi connectivity index (χ0) is 14.8. The molecule has 2 N–H and O–H groups in total. The number of hydrogen-bond donors (Lipinski definition) is 2. The molecule has 0 amide bonds. The molecule has 5 nitrogen and oxygen atoms in total. The number of para-hydroxylation sites is 1. The maximum absolute atomic E-state index is 12.8. The molecule has 1 aromatic heterocycles. The van der Waals surface area contributed by atoms with Gasteiger partial charge in [-0.1, -0.05) is 6.07 Å². The summed E-state index contributed by atoms with van der Waals surface area (Å²) in [5.74, 6) is 0.706. The zero-order valence-corrected chi connectivity index (χ0v) is 12.5. The van der Waals surface area contributed by atoms with Crippen LogP contribution in [0.4, 0.5) is 0 Å². The second-order valence-corrected chi connectivity index (χ2v) is 5.48. The van der Waals surface area contributed by atoms with E-state index in [9.17, 15) is 4.79 Å². The normalized spacial score (nSPS) is 16.3. The topological polar surface area (TPSA) is 55.8 Å². The number of fused-ring (bicyclic) bond motifs is 1. The van der Waals surface area contributed by atoms with Gasteiger partial charge in [0.2, 0.25) is 0 Å². The van der Waals surface area contributed by atoms with E-state index in [4.69, 9.17) is 9.47 Å². The van der Waals surface area contributed by atoms with Gasteiger partial charge in [-0.05, 0) is 19.1 Å². The number of H-pyrrole nitrogens is 1. The first kappa shape index (κ1) is 14.1. The number of benzene rings is 1. The van der Waals surface area contributed by atoms with Crippen LogP contribution in [0, 0.1) is 6.92 Å². The van der Waals surface area contributed by atoms with Crippen LogP contribution in [-0.4, -0.2) is 38.4 Å². The van der Waals surface area contributed by atoms with Crippen molar-refractivity contribution >= 4 is 10.9 Å². The third kappa shape index (κ3) is 2.66. The third-order valence-electron chi connectivity index (χ3n) is 4.16. The molecule has 2 heterocycles. The minimum absolute atomic E-state index is 0.110. The lowest BCUT2D eigenvalue weighted by Crippen LogP contribution is -3.13. The Labute approximate surface area is 123 Å². The quantitative estimate of drug-likeness (QED) is 0.852. The van der Waals surface area contributed by atoms with Crippen LogP contribution in [0.5, 0.6) is 5.75 Å². The second-order valence-electron chi connectivity index (χ2n) is 5.48. The molecule has 1 aliphatic rings. The minimum atomic E-state index is 0.110. The van der Waals surface area contributed by atoms with Crippen LogP contribution in [0.3, 0.4) is 0 Å². The van der Waals surface area contributed by atoms with Crippen molar-refractivity contribution in [2.45, 2.75) is 13.5 Å². The fourth-order valence-corrected chi connectivity index (χ4v) is 2.91. The lowest BCUT2D eigenvalue weighted by Gasteiger charge is -2.24. The van der Waals surface area contributed by atoms with Crippen molar-refractivity contribution in [3.05, 3.63) is 39.7 Å². The van der Waals surface area contributed by atoms with Crippen molar-refractivity contribution in [2.24, 2.45) is 0 Å². The predicted molar refractivity (Wildman–Crippen MR) is 81.1 cm³/mol. The SMILES string of the molecule is COc1cccc2c(=O)c(C[NH+]3CCOCC3)c(C)[nH]c12. The molecule has 0 unspecified atom stereocenters. The van der Waals surface area contributed by atoms with Crippen molar-refractivity contribution in [1.29, 1.82) is 0 Å². The number of aryl methyl sites for hydroxylation is 1. The molecule has 0 radical (unpaired) electrons. The second kappa shape index (κ2) is 5.87. The molecule has 0 aliphatic carbocycles. The van der Waals surface area contributed by atoms with Crippen molar-refractivity contribution in [3.63, 3.8) is 0 Å². The molecule has 0 spiro atoms. The van der Waals surface area contributed by atoms with Crippen LogP contribution >= 0.6 is 0 Å². The van der Waals surface area contributed by atoms with Gasteiger partial charge in [-0.15, -0.1) is 0 Å². The first-order valence-corrected chi connectivity index (χ1v) is 7.30. The Morgan fingerprint density at radius 1 is 1.33 bits per heavy atom. The van der Waals surface area contributed by atoms with Gasteiger partial charge in [0, 0.05) is 11.1 Å². The van der Waals surface area contributed by atoms with Crippen molar-refractivity contribution in [3.8, 4) is 5.75 Å². The number of hydrogen-bond acceptors (Lipinski definition) is 3. The number of quaternary nitrogens is 1. The van der Waals surface area contributed by atoms with Gasteiger partial charge < -0.3 is 19.4 Å². The highest BCUT2D eigenvalue weighted by Crippen LogP contribution is 2.22. The van der Waals surface area contributed by atoms with Gasteiger partial charge in [0.05, 0.1) is 31.4 Å². The number of pyridine rings is 1. The van der Waals surface area contributed by atoms with Crippen LogP contribution in [0.25, 0.3) is 10.9 Å². The van der Waals surface area contributed by atoms with E-state index in [1.807, 2.05) is 25.1 Å². The molecular weight excluding hydrogens is 268 g/mol.